The predicted molar refractivity (Wildman–Crippen MR) is 77.5 cm³/mol. The van der Waals surface area contributed by atoms with Crippen molar-refractivity contribution in [3.05, 3.63) is 0 Å². The summed E-state index contributed by atoms with van der Waals surface area (Å²) in [7, 11) is 0. The minimum absolute atomic E-state index is 0.0769. The molecule has 20 heavy (non-hydrogen) atoms. The molecule has 0 bridgehead atoms. The molecule has 0 aliphatic carbocycles. The molecule has 116 valence electrons. The van der Waals surface area contributed by atoms with Crippen LogP contribution in [0, 0.1) is 0 Å². The zero-order valence-corrected chi connectivity index (χ0v) is 12.8. The van der Waals surface area contributed by atoms with E-state index in [1.54, 1.807) is 11.8 Å². The molecule has 0 saturated carbocycles. The van der Waals surface area contributed by atoms with Crippen LogP contribution in [-0.4, -0.2) is 55.2 Å². The highest BCUT2D eigenvalue weighted by Crippen LogP contribution is 2.11. The van der Waals surface area contributed by atoms with E-state index in [0.29, 0.717) is 26.1 Å². The first-order valence-electron chi connectivity index (χ1n) is 7.51. The number of hydrogen-bond acceptors (Lipinski definition) is 4. The molecule has 1 saturated heterocycles. The first-order chi connectivity index (χ1) is 9.56. The van der Waals surface area contributed by atoms with Crippen LogP contribution >= 0.6 is 0 Å². The van der Waals surface area contributed by atoms with E-state index < -0.39 is 0 Å². The van der Waals surface area contributed by atoms with Crippen molar-refractivity contribution in [2.24, 2.45) is 0 Å². The normalized spacial score (nSPS) is 17.6. The molecule has 0 aromatic carbocycles. The lowest BCUT2D eigenvalue weighted by Gasteiger charge is -2.31. The number of amides is 2. The highest BCUT2D eigenvalue weighted by Gasteiger charge is 2.24. The van der Waals surface area contributed by atoms with Crippen molar-refractivity contribution in [1.82, 2.24) is 15.5 Å². The van der Waals surface area contributed by atoms with Gasteiger partial charge in [-0.2, -0.15) is 0 Å². The number of piperidine rings is 1. The first kappa shape index (κ1) is 16.8. The molecular weight excluding hydrogens is 258 g/mol. The van der Waals surface area contributed by atoms with Gasteiger partial charge in [0, 0.05) is 31.6 Å². The summed E-state index contributed by atoms with van der Waals surface area (Å²) in [6, 6.07) is 0.363. The SMILES string of the molecule is CCNC(C)CC(=O)NC1CCN(C(=O)OCC)CC1. The molecule has 1 heterocycles. The molecule has 1 aliphatic heterocycles. The number of rotatable bonds is 6. The van der Waals surface area contributed by atoms with Crippen molar-refractivity contribution in [2.75, 3.05) is 26.2 Å². The number of likely N-dealkylation sites (tertiary alicyclic amines) is 1. The third-order valence-corrected chi connectivity index (χ3v) is 3.43. The summed E-state index contributed by atoms with van der Waals surface area (Å²) in [6.45, 7) is 8.39. The van der Waals surface area contributed by atoms with E-state index in [1.165, 1.54) is 0 Å². The van der Waals surface area contributed by atoms with Gasteiger partial charge in [0.15, 0.2) is 0 Å². The molecule has 6 heteroatoms. The van der Waals surface area contributed by atoms with Gasteiger partial charge in [-0.3, -0.25) is 4.79 Å². The number of carbonyl (C=O) groups excluding carboxylic acids is 2. The molecule has 2 amide bonds. The lowest BCUT2D eigenvalue weighted by atomic mass is 10.0. The smallest absolute Gasteiger partial charge is 0.409 e. The van der Waals surface area contributed by atoms with Gasteiger partial charge < -0.3 is 20.3 Å². The summed E-state index contributed by atoms with van der Waals surface area (Å²) in [6.07, 6.45) is 1.82. The van der Waals surface area contributed by atoms with Crippen LogP contribution in [0.3, 0.4) is 0 Å². The highest BCUT2D eigenvalue weighted by atomic mass is 16.6. The van der Waals surface area contributed by atoms with E-state index in [4.69, 9.17) is 4.74 Å². The molecule has 0 aromatic rings. The van der Waals surface area contributed by atoms with Crippen molar-refractivity contribution in [1.29, 1.82) is 0 Å². The van der Waals surface area contributed by atoms with Gasteiger partial charge in [0.1, 0.15) is 0 Å². The molecule has 0 aromatic heterocycles. The Labute approximate surface area is 121 Å². The number of carbonyl (C=O) groups is 2. The standard InChI is InChI=1S/C14H27N3O3/c1-4-15-11(3)10-13(18)16-12-6-8-17(9-7-12)14(19)20-5-2/h11-12,15H,4-10H2,1-3H3,(H,16,18). The average molecular weight is 285 g/mol. The van der Waals surface area contributed by atoms with E-state index in [9.17, 15) is 9.59 Å². The maximum absolute atomic E-state index is 11.9. The number of nitrogens with zero attached hydrogens (tertiary/aromatic N) is 1. The maximum atomic E-state index is 11.9. The Kier molecular flexibility index (Phi) is 7.36. The zero-order valence-electron chi connectivity index (χ0n) is 12.8. The second kappa shape index (κ2) is 8.79. The van der Waals surface area contributed by atoms with Crippen molar-refractivity contribution in [3.63, 3.8) is 0 Å². The fourth-order valence-electron chi connectivity index (χ4n) is 2.41. The molecule has 2 N–H and O–H groups in total. The Bertz CT molecular complexity index is 315. The summed E-state index contributed by atoms with van der Waals surface area (Å²) in [5, 5.41) is 6.26. The van der Waals surface area contributed by atoms with Crippen molar-refractivity contribution < 1.29 is 14.3 Å². The molecular formula is C14H27N3O3. The summed E-state index contributed by atoms with van der Waals surface area (Å²) in [4.78, 5) is 25.1. The summed E-state index contributed by atoms with van der Waals surface area (Å²) in [5.74, 6) is 0.0769. The largest absolute Gasteiger partial charge is 0.450 e. The zero-order chi connectivity index (χ0) is 15.0. The topological polar surface area (TPSA) is 70.7 Å². The summed E-state index contributed by atoms with van der Waals surface area (Å²) in [5.41, 5.74) is 0. The van der Waals surface area contributed by atoms with Crippen LogP contribution in [0.4, 0.5) is 4.79 Å². The van der Waals surface area contributed by atoms with E-state index in [0.717, 1.165) is 19.4 Å². The lowest BCUT2D eigenvalue weighted by Crippen LogP contribution is -2.47. The molecule has 1 fully saturated rings. The minimum Gasteiger partial charge on any atom is -0.450 e. The van der Waals surface area contributed by atoms with E-state index in [-0.39, 0.29) is 24.1 Å². The van der Waals surface area contributed by atoms with Crippen LogP contribution in [0.5, 0.6) is 0 Å². The van der Waals surface area contributed by atoms with Gasteiger partial charge in [0.05, 0.1) is 6.61 Å². The van der Waals surface area contributed by atoms with Gasteiger partial charge >= 0.3 is 6.09 Å². The third kappa shape index (κ3) is 5.77. The Morgan fingerprint density at radius 2 is 1.95 bits per heavy atom. The van der Waals surface area contributed by atoms with Gasteiger partial charge in [0.25, 0.3) is 0 Å². The van der Waals surface area contributed by atoms with Gasteiger partial charge in [-0.25, -0.2) is 4.79 Å². The molecule has 6 nitrogen and oxygen atoms in total. The number of ether oxygens (including phenoxy) is 1. The average Bonchev–Trinajstić information content (AvgIpc) is 2.39. The Morgan fingerprint density at radius 3 is 2.50 bits per heavy atom. The van der Waals surface area contributed by atoms with Gasteiger partial charge in [0.2, 0.25) is 5.91 Å². The minimum atomic E-state index is -0.252. The number of nitrogens with one attached hydrogen (secondary N) is 2. The van der Waals surface area contributed by atoms with Crippen molar-refractivity contribution in [2.45, 2.75) is 52.1 Å². The molecule has 1 atom stereocenters. The van der Waals surface area contributed by atoms with Gasteiger partial charge in [-0.05, 0) is 33.2 Å². The molecule has 1 aliphatic rings. The van der Waals surface area contributed by atoms with Gasteiger partial charge in [-0.1, -0.05) is 6.92 Å². The van der Waals surface area contributed by atoms with Crippen LogP contribution in [0.1, 0.15) is 40.0 Å². The van der Waals surface area contributed by atoms with E-state index in [1.807, 2.05) is 13.8 Å². The fourth-order valence-corrected chi connectivity index (χ4v) is 2.41. The van der Waals surface area contributed by atoms with E-state index in [2.05, 4.69) is 10.6 Å². The Morgan fingerprint density at radius 1 is 1.30 bits per heavy atom. The summed E-state index contributed by atoms with van der Waals surface area (Å²) >= 11 is 0. The monoisotopic (exact) mass is 285 g/mol. The van der Waals surface area contributed by atoms with Gasteiger partial charge in [-0.15, -0.1) is 0 Å². The molecule has 1 rings (SSSR count). The summed E-state index contributed by atoms with van der Waals surface area (Å²) < 4.78 is 4.97. The third-order valence-electron chi connectivity index (χ3n) is 3.43. The second-order valence-electron chi connectivity index (χ2n) is 5.19. The van der Waals surface area contributed by atoms with Crippen LogP contribution in [0.25, 0.3) is 0 Å². The highest BCUT2D eigenvalue weighted by molar-refractivity contribution is 5.77. The Balaban J connectivity index is 2.25. The van der Waals surface area contributed by atoms with Crippen molar-refractivity contribution >= 4 is 12.0 Å². The van der Waals surface area contributed by atoms with Crippen molar-refractivity contribution in [3.8, 4) is 0 Å². The van der Waals surface area contributed by atoms with Crippen LogP contribution in [-0.2, 0) is 9.53 Å². The first-order valence-corrected chi connectivity index (χ1v) is 7.51. The maximum Gasteiger partial charge on any atom is 0.409 e. The molecule has 1 unspecified atom stereocenters. The Hall–Kier alpha value is -1.30. The van der Waals surface area contributed by atoms with Crippen LogP contribution in [0.2, 0.25) is 0 Å². The lowest BCUT2D eigenvalue weighted by molar-refractivity contribution is -0.122. The fraction of sp³-hybridized carbons (Fsp3) is 0.857. The quantitative estimate of drug-likeness (QED) is 0.767. The second-order valence-corrected chi connectivity index (χ2v) is 5.19. The molecule has 0 radical (unpaired) electrons. The molecule has 0 spiro atoms. The van der Waals surface area contributed by atoms with Crippen LogP contribution < -0.4 is 10.6 Å². The van der Waals surface area contributed by atoms with Crippen LogP contribution in [0.15, 0.2) is 0 Å². The predicted octanol–water partition coefficient (Wildman–Crippen LogP) is 1.11. The van der Waals surface area contributed by atoms with E-state index >= 15 is 0 Å². The number of hydrogen-bond donors (Lipinski definition) is 2.